The maximum atomic E-state index is 9.06. The largest absolute Gasteiger partial charge is 0.457 e. The Bertz CT molecular complexity index is 2020. The maximum absolute atomic E-state index is 9.06. The molecule has 0 fully saturated rings. The lowest BCUT2D eigenvalue weighted by atomic mass is 9.95. The van der Waals surface area contributed by atoms with Crippen LogP contribution in [0.2, 0.25) is 0 Å². The van der Waals surface area contributed by atoms with E-state index in [1.165, 1.54) is 0 Å². The predicted molar refractivity (Wildman–Crippen MR) is 157 cm³/mol. The summed E-state index contributed by atoms with van der Waals surface area (Å²) >= 11 is 3.47. The molecule has 0 aliphatic heterocycles. The van der Waals surface area contributed by atoms with E-state index in [0.29, 0.717) is 44.7 Å². The van der Waals surface area contributed by atoms with Crippen LogP contribution in [0.1, 0.15) is 27.6 Å². The van der Waals surface area contributed by atoms with Crippen LogP contribution in [0.3, 0.4) is 0 Å². The van der Waals surface area contributed by atoms with E-state index in [1.54, 1.807) is 35.0 Å². The maximum Gasteiger partial charge on any atom is 0.137 e. The van der Waals surface area contributed by atoms with Crippen molar-refractivity contribution in [2.45, 2.75) is 20.2 Å². The summed E-state index contributed by atoms with van der Waals surface area (Å²) in [5.74, 6) is 1.09. The van der Waals surface area contributed by atoms with Crippen molar-refractivity contribution in [3.8, 4) is 28.4 Å². The Morgan fingerprint density at radius 1 is 0.892 bits per heavy atom. The van der Waals surface area contributed by atoms with Gasteiger partial charge < -0.3 is 4.74 Å². The molecule has 2 aromatic heterocycles. The van der Waals surface area contributed by atoms with Crippen molar-refractivity contribution in [1.29, 1.82) is 0 Å². The zero-order chi connectivity index (χ0) is 30.6. The first-order valence-electron chi connectivity index (χ1n) is 15.0. The van der Waals surface area contributed by atoms with Gasteiger partial charge in [0.05, 0.1) is 16.5 Å². The van der Waals surface area contributed by atoms with Gasteiger partial charge in [-0.05, 0) is 65.9 Å². The molecule has 0 N–H and O–H groups in total. The fraction of sp³-hybridized carbons (Fsp3) is 0.121. The highest BCUT2D eigenvalue weighted by Gasteiger charge is 2.16. The standard InChI is InChI=1S/C33H27BrN2O/c1-22(2)17-24-18-33(35-21-30(24)23-9-4-3-5-10-23)36-31-14-7-6-13-28(31)29-16-15-27(20-32(29)36)37-26-12-8-11-25(34)19-26/h3-16,18-22H,17H2,1-2H3/i6D,7D,13D,14D,17D2. The summed E-state index contributed by atoms with van der Waals surface area (Å²) in [5.41, 5.74) is 2.75. The molecular weight excluding hydrogens is 520 g/mol. The van der Waals surface area contributed by atoms with E-state index in [0.717, 1.165) is 10.0 Å². The summed E-state index contributed by atoms with van der Waals surface area (Å²) in [5, 5.41) is 0.961. The number of halogens is 1. The van der Waals surface area contributed by atoms with Gasteiger partial charge in [-0.3, -0.25) is 4.57 Å². The summed E-state index contributed by atoms with van der Waals surface area (Å²) in [4.78, 5) is 4.78. The Morgan fingerprint density at radius 2 is 1.70 bits per heavy atom. The van der Waals surface area contributed by atoms with Crippen molar-refractivity contribution < 1.29 is 13.0 Å². The summed E-state index contributed by atoms with van der Waals surface area (Å²) in [6.45, 7) is 3.66. The van der Waals surface area contributed by atoms with Crippen molar-refractivity contribution in [2.75, 3.05) is 0 Å². The van der Waals surface area contributed by atoms with Crippen molar-refractivity contribution >= 4 is 37.7 Å². The Hall–Kier alpha value is -3.89. The molecule has 182 valence electrons. The molecule has 4 aromatic carbocycles. The zero-order valence-corrected chi connectivity index (χ0v) is 21.9. The van der Waals surface area contributed by atoms with E-state index in [4.69, 9.17) is 17.9 Å². The van der Waals surface area contributed by atoms with E-state index in [9.17, 15) is 0 Å². The Balaban J connectivity index is 1.68. The number of aromatic nitrogens is 2. The number of para-hydroxylation sites is 1. The molecule has 0 radical (unpaired) electrons. The van der Waals surface area contributed by atoms with Gasteiger partial charge in [-0.15, -0.1) is 0 Å². The number of hydrogen-bond acceptors (Lipinski definition) is 2. The van der Waals surface area contributed by atoms with Crippen LogP contribution in [0, 0.1) is 5.92 Å². The average molecular weight is 554 g/mol. The van der Waals surface area contributed by atoms with Gasteiger partial charge in [-0.25, -0.2) is 4.98 Å². The number of benzene rings is 4. The fourth-order valence-electron chi connectivity index (χ4n) is 4.51. The van der Waals surface area contributed by atoms with Crippen LogP contribution < -0.4 is 4.74 Å². The lowest BCUT2D eigenvalue weighted by molar-refractivity contribution is 0.483. The van der Waals surface area contributed by atoms with Crippen LogP contribution in [-0.2, 0) is 6.37 Å². The molecule has 0 spiro atoms. The van der Waals surface area contributed by atoms with Crippen molar-refractivity contribution in [3.05, 3.63) is 119 Å². The first kappa shape index (κ1) is 17.5. The molecule has 2 heterocycles. The van der Waals surface area contributed by atoms with Gasteiger partial charge in [-0.2, -0.15) is 0 Å². The van der Waals surface area contributed by atoms with Crippen LogP contribution in [0.4, 0.5) is 0 Å². The van der Waals surface area contributed by atoms with E-state index < -0.39 is 6.37 Å². The molecule has 4 heteroatoms. The summed E-state index contributed by atoms with van der Waals surface area (Å²) in [7, 11) is 0. The van der Waals surface area contributed by atoms with Gasteiger partial charge >= 0.3 is 0 Å². The van der Waals surface area contributed by atoms with E-state index >= 15 is 0 Å². The minimum absolute atomic E-state index is 0.154. The van der Waals surface area contributed by atoms with Gasteiger partial charge in [0.15, 0.2) is 0 Å². The molecule has 0 aliphatic rings. The van der Waals surface area contributed by atoms with E-state index in [1.807, 2.05) is 68.4 Å². The molecular formula is C33H27BrN2O. The number of fused-ring (bicyclic) bond motifs is 3. The number of hydrogen-bond donors (Lipinski definition) is 0. The number of pyridine rings is 1. The third-order valence-corrected chi connectivity index (χ3v) is 6.54. The molecule has 6 rings (SSSR count). The molecule has 0 bridgehead atoms. The smallest absolute Gasteiger partial charge is 0.137 e. The Kier molecular flexibility index (Phi) is 4.68. The molecule has 0 unspecified atom stereocenters. The average Bonchev–Trinajstić information content (AvgIpc) is 3.33. The van der Waals surface area contributed by atoms with Crippen LogP contribution in [0.25, 0.3) is 38.8 Å². The summed E-state index contributed by atoms with van der Waals surface area (Å²) in [6.07, 6.45) is -0.0820. The summed E-state index contributed by atoms with van der Waals surface area (Å²) in [6, 6.07) is 23.0. The Labute approximate surface area is 233 Å². The lowest BCUT2D eigenvalue weighted by Gasteiger charge is -2.15. The second-order valence-corrected chi connectivity index (χ2v) is 9.97. The summed E-state index contributed by atoms with van der Waals surface area (Å²) < 4.78 is 61.3. The Morgan fingerprint density at radius 3 is 2.51 bits per heavy atom. The van der Waals surface area contributed by atoms with E-state index in [2.05, 4.69) is 15.9 Å². The first-order valence-corrected chi connectivity index (χ1v) is 12.8. The lowest BCUT2D eigenvalue weighted by Crippen LogP contribution is -2.03. The van der Waals surface area contributed by atoms with Crippen LogP contribution in [-0.4, -0.2) is 9.55 Å². The quantitative estimate of drug-likeness (QED) is 0.205. The minimum atomic E-state index is -1.73. The molecule has 0 aliphatic carbocycles. The highest BCUT2D eigenvalue weighted by Crippen LogP contribution is 2.36. The normalized spacial score (nSPS) is 14.2. The predicted octanol–water partition coefficient (Wildman–Crippen LogP) is 9.60. The molecule has 37 heavy (non-hydrogen) atoms. The van der Waals surface area contributed by atoms with Crippen molar-refractivity contribution in [3.63, 3.8) is 0 Å². The third-order valence-electron chi connectivity index (χ3n) is 6.05. The van der Waals surface area contributed by atoms with Crippen molar-refractivity contribution in [2.24, 2.45) is 5.92 Å². The van der Waals surface area contributed by atoms with Crippen LogP contribution in [0.15, 0.2) is 114 Å². The minimum Gasteiger partial charge on any atom is -0.457 e. The molecule has 0 saturated carbocycles. The SMILES string of the molecule is [2H]c1c([2H])c([2H])c2c(c1[2H])c1ccc(Oc3cccc(Br)c3)cc1n2-c1cc(C([2H])([2H])C(C)C)c(-c2ccccc2)cn1. The molecule has 6 aromatic rings. The van der Waals surface area contributed by atoms with Crippen molar-refractivity contribution in [1.82, 2.24) is 9.55 Å². The third kappa shape index (κ3) is 4.65. The molecule has 0 saturated heterocycles. The van der Waals surface area contributed by atoms with Crippen LogP contribution >= 0.6 is 15.9 Å². The number of rotatable bonds is 6. The topological polar surface area (TPSA) is 27.1 Å². The monoisotopic (exact) mass is 552 g/mol. The second-order valence-electron chi connectivity index (χ2n) is 9.05. The van der Waals surface area contributed by atoms with Gasteiger partial charge in [0, 0.05) is 35.8 Å². The molecule has 3 nitrogen and oxygen atoms in total. The highest BCUT2D eigenvalue weighted by atomic mass is 79.9. The first-order chi connectivity index (χ1) is 20.5. The van der Waals surface area contributed by atoms with Gasteiger partial charge in [0.1, 0.15) is 17.3 Å². The van der Waals surface area contributed by atoms with E-state index in [-0.39, 0.29) is 35.6 Å². The second kappa shape index (κ2) is 9.87. The van der Waals surface area contributed by atoms with Crippen LogP contribution in [0.5, 0.6) is 11.5 Å². The van der Waals surface area contributed by atoms with Gasteiger partial charge in [0.25, 0.3) is 0 Å². The van der Waals surface area contributed by atoms with Gasteiger partial charge in [0.2, 0.25) is 0 Å². The molecule has 0 amide bonds. The molecule has 0 atom stereocenters. The zero-order valence-electron chi connectivity index (χ0n) is 26.3. The number of nitrogens with zero attached hydrogens (tertiary/aromatic N) is 2. The van der Waals surface area contributed by atoms with Gasteiger partial charge in [-0.1, -0.05) is 84.3 Å². The number of ether oxygens (including phenoxy) is 1. The highest BCUT2D eigenvalue weighted by molar-refractivity contribution is 9.10. The fourth-order valence-corrected chi connectivity index (χ4v) is 4.89.